The molecule has 0 saturated heterocycles. The molecule has 2 unspecified atom stereocenters. The monoisotopic (exact) mass is 291 g/mol. The van der Waals surface area contributed by atoms with E-state index in [9.17, 15) is 0 Å². The summed E-state index contributed by atoms with van der Waals surface area (Å²) in [5.41, 5.74) is 3.11. The number of rotatable bonds is 3. The van der Waals surface area contributed by atoms with Crippen LogP contribution in [0, 0.1) is 18.8 Å². The molecule has 108 valence electrons. The number of halogens is 1. The van der Waals surface area contributed by atoms with Crippen molar-refractivity contribution in [3.63, 3.8) is 0 Å². The molecule has 0 bridgehead atoms. The van der Waals surface area contributed by atoms with Crippen LogP contribution in [-0.4, -0.2) is 14.5 Å². The predicted octanol–water partition coefficient (Wildman–Crippen LogP) is 4.30. The third kappa shape index (κ3) is 2.69. The zero-order valence-electron chi connectivity index (χ0n) is 12.3. The number of imidazole rings is 1. The maximum atomic E-state index is 6.08. The van der Waals surface area contributed by atoms with E-state index in [0.717, 1.165) is 40.9 Å². The standard InChI is InChI=1S/C16H22ClN3/c1-11-4-3-5-13(6-11)10-20-15(8-17)19-14-7-12(2)9-18-16(14)20/h7,9,11,13H,3-6,8,10H2,1-2H3. The molecule has 4 heteroatoms. The molecule has 0 aromatic carbocycles. The largest absolute Gasteiger partial charge is 0.311 e. The van der Waals surface area contributed by atoms with Gasteiger partial charge in [-0.1, -0.05) is 19.8 Å². The first-order chi connectivity index (χ1) is 9.67. The highest BCUT2D eigenvalue weighted by Gasteiger charge is 2.21. The van der Waals surface area contributed by atoms with Crippen molar-refractivity contribution in [2.45, 2.75) is 52.0 Å². The van der Waals surface area contributed by atoms with Gasteiger partial charge in [0.1, 0.15) is 11.3 Å². The molecular formula is C16H22ClN3. The number of fused-ring (bicyclic) bond motifs is 1. The van der Waals surface area contributed by atoms with Crippen LogP contribution >= 0.6 is 11.6 Å². The summed E-state index contributed by atoms with van der Waals surface area (Å²) >= 11 is 6.08. The average molecular weight is 292 g/mol. The Labute approximate surface area is 125 Å². The normalized spacial score (nSPS) is 23.4. The quantitative estimate of drug-likeness (QED) is 0.789. The summed E-state index contributed by atoms with van der Waals surface area (Å²) in [7, 11) is 0. The van der Waals surface area contributed by atoms with Crippen molar-refractivity contribution in [3.05, 3.63) is 23.7 Å². The Morgan fingerprint density at radius 1 is 1.40 bits per heavy atom. The van der Waals surface area contributed by atoms with Crippen molar-refractivity contribution in [3.8, 4) is 0 Å². The third-order valence-corrected chi connectivity index (χ3v) is 4.65. The lowest BCUT2D eigenvalue weighted by Gasteiger charge is -2.27. The fourth-order valence-corrected chi connectivity index (χ4v) is 3.64. The number of pyridine rings is 1. The van der Waals surface area contributed by atoms with Gasteiger partial charge in [0.15, 0.2) is 5.65 Å². The second-order valence-electron chi connectivity index (χ2n) is 6.27. The highest BCUT2D eigenvalue weighted by molar-refractivity contribution is 6.16. The highest BCUT2D eigenvalue weighted by Crippen LogP contribution is 2.31. The van der Waals surface area contributed by atoms with E-state index in [1.54, 1.807) is 0 Å². The van der Waals surface area contributed by atoms with Crippen molar-refractivity contribution in [1.82, 2.24) is 14.5 Å². The Bertz CT molecular complexity index is 605. The molecule has 1 aliphatic rings. The summed E-state index contributed by atoms with van der Waals surface area (Å²) in [5.74, 6) is 3.00. The lowest BCUT2D eigenvalue weighted by atomic mass is 9.82. The average Bonchev–Trinajstić information content (AvgIpc) is 2.76. The summed E-state index contributed by atoms with van der Waals surface area (Å²) in [6.45, 7) is 5.43. The molecule has 1 saturated carbocycles. The van der Waals surface area contributed by atoms with E-state index in [-0.39, 0.29) is 0 Å². The van der Waals surface area contributed by atoms with Crippen LogP contribution in [0.3, 0.4) is 0 Å². The number of nitrogens with zero attached hydrogens (tertiary/aromatic N) is 3. The number of alkyl halides is 1. The lowest BCUT2D eigenvalue weighted by Crippen LogP contribution is -2.19. The van der Waals surface area contributed by atoms with Gasteiger partial charge < -0.3 is 4.57 Å². The van der Waals surface area contributed by atoms with E-state index in [0.29, 0.717) is 5.88 Å². The van der Waals surface area contributed by atoms with E-state index in [2.05, 4.69) is 34.4 Å². The van der Waals surface area contributed by atoms with Crippen LogP contribution in [0.5, 0.6) is 0 Å². The Balaban J connectivity index is 1.93. The van der Waals surface area contributed by atoms with E-state index in [4.69, 9.17) is 11.6 Å². The molecule has 0 N–H and O–H groups in total. The van der Waals surface area contributed by atoms with Crippen LogP contribution in [0.1, 0.15) is 44.0 Å². The molecule has 0 amide bonds. The molecular weight excluding hydrogens is 270 g/mol. The van der Waals surface area contributed by atoms with E-state index < -0.39 is 0 Å². The Morgan fingerprint density at radius 2 is 2.25 bits per heavy atom. The Kier molecular flexibility index (Phi) is 3.97. The number of hydrogen-bond acceptors (Lipinski definition) is 2. The molecule has 2 aromatic rings. The summed E-state index contributed by atoms with van der Waals surface area (Å²) in [4.78, 5) is 9.22. The smallest absolute Gasteiger partial charge is 0.160 e. The molecule has 20 heavy (non-hydrogen) atoms. The van der Waals surface area contributed by atoms with E-state index in [1.165, 1.54) is 25.7 Å². The SMILES string of the molecule is Cc1cnc2c(c1)nc(CCl)n2CC1CCCC(C)C1. The molecule has 0 aliphatic heterocycles. The molecule has 1 aliphatic carbocycles. The van der Waals surface area contributed by atoms with Crippen LogP contribution in [0.25, 0.3) is 11.2 Å². The Morgan fingerprint density at radius 3 is 3.00 bits per heavy atom. The van der Waals surface area contributed by atoms with Crippen molar-refractivity contribution in [1.29, 1.82) is 0 Å². The predicted molar refractivity (Wildman–Crippen MR) is 82.9 cm³/mol. The van der Waals surface area contributed by atoms with Gasteiger partial charge >= 0.3 is 0 Å². The first kappa shape index (κ1) is 13.9. The first-order valence-electron chi connectivity index (χ1n) is 7.55. The number of aryl methyl sites for hydroxylation is 1. The van der Waals surface area contributed by atoms with Crippen molar-refractivity contribution < 1.29 is 0 Å². The molecule has 2 heterocycles. The van der Waals surface area contributed by atoms with Gasteiger partial charge in [0.05, 0.1) is 5.88 Å². The minimum Gasteiger partial charge on any atom is -0.311 e. The first-order valence-corrected chi connectivity index (χ1v) is 8.08. The van der Waals surface area contributed by atoms with Crippen LogP contribution in [0.15, 0.2) is 12.3 Å². The number of hydrogen-bond donors (Lipinski definition) is 0. The van der Waals surface area contributed by atoms with Gasteiger partial charge in [0, 0.05) is 12.7 Å². The minimum absolute atomic E-state index is 0.456. The molecule has 2 aromatic heterocycles. The van der Waals surface area contributed by atoms with Gasteiger partial charge in [-0.2, -0.15) is 0 Å². The van der Waals surface area contributed by atoms with Gasteiger partial charge in [0.25, 0.3) is 0 Å². The lowest BCUT2D eigenvalue weighted by molar-refractivity contribution is 0.257. The summed E-state index contributed by atoms with van der Waals surface area (Å²) in [5, 5.41) is 0. The second-order valence-corrected chi connectivity index (χ2v) is 6.53. The fourth-order valence-electron chi connectivity index (χ4n) is 3.44. The summed E-state index contributed by atoms with van der Waals surface area (Å²) < 4.78 is 2.24. The van der Waals surface area contributed by atoms with Gasteiger partial charge in [-0.15, -0.1) is 11.6 Å². The van der Waals surface area contributed by atoms with E-state index >= 15 is 0 Å². The molecule has 3 nitrogen and oxygen atoms in total. The summed E-state index contributed by atoms with van der Waals surface area (Å²) in [6, 6.07) is 2.10. The minimum atomic E-state index is 0.456. The number of aromatic nitrogens is 3. The zero-order valence-corrected chi connectivity index (χ0v) is 13.0. The van der Waals surface area contributed by atoms with Crippen molar-refractivity contribution in [2.75, 3.05) is 0 Å². The zero-order chi connectivity index (χ0) is 14.1. The van der Waals surface area contributed by atoms with Gasteiger partial charge in [-0.3, -0.25) is 0 Å². The molecule has 3 rings (SSSR count). The molecule has 0 radical (unpaired) electrons. The molecule has 2 atom stereocenters. The van der Waals surface area contributed by atoms with Crippen LogP contribution in [0.4, 0.5) is 0 Å². The third-order valence-electron chi connectivity index (χ3n) is 4.41. The van der Waals surface area contributed by atoms with Crippen LogP contribution < -0.4 is 0 Å². The Hall–Kier alpha value is -1.09. The second kappa shape index (κ2) is 5.72. The summed E-state index contributed by atoms with van der Waals surface area (Å²) in [6.07, 6.45) is 7.27. The van der Waals surface area contributed by atoms with Crippen molar-refractivity contribution >= 4 is 22.8 Å². The molecule has 1 fully saturated rings. The van der Waals surface area contributed by atoms with Gasteiger partial charge in [-0.25, -0.2) is 9.97 Å². The topological polar surface area (TPSA) is 30.7 Å². The maximum Gasteiger partial charge on any atom is 0.160 e. The molecule has 0 spiro atoms. The van der Waals surface area contributed by atoms with E-state index in [1.807, 2.05) is 6.20 Å². The highest BCUT2D eigenvalue weighted by atomic mass is 35.5. The van der Waals surface area contributed by atoms with Gasteiger partial charge in [0.2, 0.25) is 0 Å². The fraction of sp³-hybridized carbons (Fsp3) is 0.625. The van der Waals surface area contributed by atoms with Crippen LogP contribution in [0.2, 0.25) is 0 Å². The van der Waals surface area contributed by atoms with Crippen LogP contribution in [-0.2, 0) is 12.4 Å². The van der Waals surface area contributed by atoms with Gasteiger partial charge in [-0.05, 0) is 43.2 Å². The van der Waals surface area contributed by atoms with Crippen molar-refractivity contribution in [2.24, 2.45) is 11.8 Å². The maximum absolute atomic E-state index is 6.08.